The molecule has 0 unspecified atom stereocenters. The Balaban J connectivity index is 2.44. The zero-order valence-electron chi connectivity index (χ0n) is 17.2. The van der Waals surface area contributed by atoms with E-state index in [0.717, 1.165) is 44.0 Å². The lowest BCUT2D eigenvalue weighted by Gasteiger charge is -2.22. The SMILES string of the molecule is C=CCCCCCN(C)C(=NCC(=O)N(C)CCc1ccccn1)NCC. The Labute approximate surface area is 164 Å². The fourth-order valence-electron chi connectivity index (χ4n) is 2.61. The summed E-state index contributed by atoms with van der Waals surface area (Å²) in [6.45, 7) is 8.29. The smallest absolute Gasteiger partial charge is 0.244 e. The summed E-state index contributed by atoms with van der Waals surface area (Å²) in [6, 6.07) is 5.83. The second-order valence-corrected chi connectivity index (χ2v) is 6.62. The third-order valence-corrected chi connectivity index (χ3v) is 4.32. The molecule has 0 aliphatic heterocycles. The van der Waals surface area contributed by atoms with Gasteiger partial charge in [-0.25, -0.2) is 4.99 Å². The van der Waals surface area contributed by atoms with Crippen molar-refractivity contribution in [2.75, 3.05) is 40.3 Å². The van der Waals surface area contributed by atoms with E-state index in [9.17, 15) is 4.79 Å². The van der Waals surface area contributed by atoms with Crippen LogP contribution in [0.15, 0.2) is 42.0 Å². The fraction of sp³-hybridized carbons (Fsp3) is 0.571. The van der Waals surface area contributed by atoms with Crippen molar-refractivity contribution < 1.29 is 4.79 Å². The maximum atomic E-state index is 12.4. The number of likely N-dealkylation sites (N-methyl/N-ethyl adjacent to an activating group) is 1. The van der Waals surface area contributed by atoms with E-state index in [1.807, 2.05) is 45.3 Å². The van der Waals surface area contributed by atoms with Crippen molar-refractivity contribution in [1.29, 1.82) is 0 Å². The van der Waals surface area contributed by atoms with Gasteiger partial charge in [0.25, 0.3) is 0 Å². The number of nitrogens with zero attached hydrogens (tertiary/aromatic N) is 4. The number of nitrogens with one attached hydrogen (secondary N) is 1. The van der Waals surface area contributed by atoms with Crippen LogP contribution in [-0.2, 0) is 11.2 Å². The van der Waals surface area contributed by atoms with Crippen LogP contribution in [0.3, 0.4) is 0 Å². The monoisotopic (exact) mass is 373 g/mol. The number of carbonyl (C=O) groups is 1. The first kappa shape index (κ1) is 22.7. The summed E-state index contributed by atoms with van der Waals surface area (Å²) >= 11 is 0. The van der Waals surface area contributed by atoms with Gasteiger partial charge in [0.05, 0.1) is 0 Å². The Bertz CT molecular complexity index is 573. The van der Waals surface area contributed by atoms with Gasteiger partial charge in [0, 0.05) is 52.0 Å². The zero-order valence-corrected chi connectivity index (χ0v) is 17.2. The molecular formula is C21H35N5O. The van der Waals surface area contributed by atoms with Crippen LogP contribution in [0.5, 0.6) is 0 Å². The molecule has 1 rings (SSSR count). The Hall–Kier alpha value is -2.37. The highest BCUT2D eigenvalue weighted by Crippen LogP contribution is 2.02. The average Bonchev–Trinajstić information content (AvgIpc) is 2.69. The Morgan fingerprint density at radius 1 is 1.22 bits per heavy atom. The molecule has 1 heterocycles. The molecule has 1 amide bonds. The number of aromatic nitrogens is 1. The number of hydrogen-bond acceptors (Lipinski definition) is 3. The van der Waals surface area contributed by atoms with E-state index in [1.165, 1.54) is 12.8 Å². The van der Waals surface area contributed by atoms with Crippen LogP contribution in [0.1, 0.15) is 38.3 Å². The van der Waals surface area contributed by atoms with E-state index in [0.29, 0.717) is 6.54 Å². The predicted octanol–water partition coefficient (Wildman–Crippen LogP) is 2.73. The topological polar surface area (TPSA) is 60.8 Å². The highest BCUT2D eigenvalue weighted by atomic mass is 16.2. The third-order valence-electron chi connectivity index (χ3n) is 4.32. The first-order chi connectivity index (χ1) is 13.1. The number of rotatable bonds is 12. The largest absolute Gasteiger partial charge is 0.357 e. The molecule has 0 spiro atoms. The molecule has 6 heteroatoms. The molecule has 0 saturated carbocycles. The maximum Gasteiger partial charge on any atom is 0.244 e. The fourth-order valence-corrected chi connectivity index (χ4v) is 2.61. The maximum absolute atomic E-state index is 12.4. The molecule has 6 nitrogen and oxygen atoms in total. The van der Waals surface area contributed by atoms with Gasteiger partial charge in [-0.1, -0.05) is 18.6 Å². The molecule has 0 aliphatic carbocycles. The van der Waals surface area contributed by atoms with Crippen LogP contribution in [0.4, 0.5) is 0 Å². The second kappa shape index (κ2) is 13.8. The molecule has 0 radical (unpaired) electrons. The van der Waals surface area contributed by atoms with Crippen molar-refractivity contribution in [2.24, 2.45) is 4.99 Å². The third kappa shape index (κ3) is 9.78. The number of unbranched alkanes of at least 4 members (excludes halogenated alkanes) is 3. The van der Waals surface area contributed by atoms with Crippen molar-refractivity contribution in [3.63, 3.8) is 0 Å². The number of allylic oxidation sites excluding steroid dienone is 1. The quantitative estimate of drug-likeness (QED) is 0.265. The van der Waals surface area contributed by atoms with Crippen molar-refractivity contribution in [1.82, 2.24) is 20.1 Å². The number of guanidine groups is 1. The Morgan fingerprint density at radius 3 is 2.70 bits per heavy atom. The van der Waals surface area contributed by atoms with Crippen molar-refractivity contribution in [3.05, 3.63) is 42.7 Å². The number of aliphatic imine (C=N–C) groups is 1. The van der Waals surface area contributed by atoms with Gasteiger partial charge in [0.1, 0.15) is 6.54 Å². The number of pyridine rings is 1. The van der Waals surface area contributed by atoms with E-state index in [-0.39, 0.29) is 12.5 Å². The molecule has 0 aromatic carbocycles. The molecule has 0 fully saturated rings. The second-order valence-electron chi connectivity index (χ2n) is 6.62. The molecular weight excluding hydrogens is 338 g/mol. The van der Waals surface area contributed by atoms with E-state index < -0.39 is 0 Å². The Morgan fingerprint density at radius 2 is 2.04 bits per heavy atom. The van der Waals surface area contributed by atoms with Gasteiger partial charge in [0.15, 0.2) is 5.96 Å². The molecule has 1 N–H and O–H groups in total. The minimum atomic E-state index is 0.0146. The van der Waals surface area contributed by atoms with Gasteiger partial charge >= 0.3 is 0 Å². The van der Waals surface area contributed by atoms with Crippen LogP contribution >= 0.6 is 0 Å². The molecule has 0 bridgehead atoms. The lowest BCUT2D eigenvalue weighted by Crippen LogP contribution is -2.40. The molecule has 150 valence electrons. The molecule has 0 atom stereocenters. The van der Waals surface area contributed by atoms with Crippen molar-refractivity contribution in [3.8, 4) is 0 Å². The standard InChI is InChI=1S/C21H35N5O/c1-5-7-8-9-12-16-26(4)21(22-6-2)24-18-20(27)25(3)17-14-19-13-10-11-15-23-19/h5,10-11,13,15H,1,6-9,12,14,16-18H2,2-4H3,(H,22,24). The van der Waals surface area contributed by atoms with Gasteiger partial charge in [-0.05, 0) is 38.3 Å². The van der Waals surface area contributed by atoms with Gasteiger partial charge in [-0.2, -0.15) is 0 Å². The number of amides is 1. The first-order valence-electron chi connectivity index (χ1n) is 9.82. The average molecular weight is 374 g/mol. The minimum Gasteiger partial charge on any atom is -0.357 e. The van der Waals surface area contributed by atoms with Gasteiger partial charge in [-0.15, -0.1) is 6.58 Å². The molecule has 1 aromatic rings. The predicted molar refractivity (Wildman–Crippen MR) is 113 cm³/mol. The molecule has 1 aromatic heterocycles. The summed E-state index contributed by atoms with van der Waals surface area (Å²) < 4.78 is 0. The van der Waals surface area contributed by atoms with Crippen LogP contribution in [0.2, 0.25) is 0 Å². The van der Waals surface area contributed by atoms with Crippen LogP contribution in [0.25, 0.3) is 0 Å². The number of hydrogen-bond donors (Lipinski definition) is 1. The normalized spacial score (nSPS) is 11.1. The van der Waals surface area contributed by atoms with Gasteiger partial charge in [0.2, 0.25) is 5.91 Å². The van der Waals surface area contributed by atoms with Crippen LogP contribution in [-0.4, -0.2) is 66.9 Å². The van der Waals surface area contributed by atoms with Gasteiger partial charge in [-0.3, -0.25) is 9.78 Å². The summed E-state index contributed by atoms with van der Waals surface area (Å²) in [5, 5.41) is 3.27. The van der Waals surface area contributed by atoms with E-state index in [4.69, 9.17) is 0 Å². The lowest BCUT2D eigenvalue weighted by molar-refractivity contribution is -0.128. The van der Waals surface area contributed by atoms with Crippen molar-refractivity contribution in [2.45, 2.75) is 39.0 Å². The molecule has 0 saturated heterocycles. The van der Waals surface area contributed by atoms with Crippen LogP contribution in [0, 0.1) is 0 Å². The Kier molecular flexibility index (Phi) is 11.6. The van der Waals surface area contributed by atoms with Crippen LogP contribution < -0.4 is 5.32 Å². The minimum absolute atomic E-state index is 0.0146. The summed E-state index contributed by atoms with van der Waals surface area (Å²) in [4.78, 5) is 25.0. The number of carbonyl (C=O) groups excluding carboxylic acids is 1. The summed E-state index contributed by atoms with van der Waals surface area (Å²) in [7, 11) is 3.83. The van der Waals surface area contributed by atoms with Gasteiger partial charge < -0.3 is 15.1 Å². The molecule has 27 heavy (non-hydrogen) atoms. The van der Waals surface area contributed by atoms with E-state index >= 15 is 0 Å². The summed E-state index contributed by atoms with van der Waals surface area (Å²) in [6.07, 6.45) is 9.00. The molecule has 0 aliphatic rings. The van der Waals surface area contributed by atoms with E-state index in [2.05, 4.69) is 26.8 Å². The van der Waals surface area contributed by atoms with Crippen molar-refractivity contribution >= 4 is 11.9 Å². The zero-order chi connectivity index (χ0) is 19.9. The summed E-state index contributed by atoms with van der Waals surface area (Å²) in [5.74, 6) is 0.799. The highest BCUT2D eigenvalue weighted by Gasteiger charge is 2.11. The van der Waals surface area contributed by atoms with E-state index in [1.54, 1.807) is 11.1 Å². The highest BCUT2D eigenvalue weighted by molar-refractivity contribution is 5.84. The first-order valence-corrected chi connectivity index (χ1v) is 9.82. The lowest BCUT2D eigenvalue weighted by atomic mass is 10.2. The summed E-state index contributed by atoms with van der Waals surface area (Å²) in [5.41, 5.74) is 0.991.